The first-order valence-electron chi connectivity index (χ1n) is 9.36. The lowest BCUT2D eigenvalue weighted by Gasteiger charge is -2.18. The van der Waals surface area contributed by atoms with Gasteiger partial charge < -0.3 is 20.1 Å². The lowest BCUT2D eigenvalue weighted by Crippen LogP contribution is -2.33. The summed E-state index contributed by atoms with van der Waals surface area (Å²) in [6, 6.07) is 19.4. The van der Waals surface area contributed by atoms with Gasteiger partial charge in [-0.05, 0) is 31.3 Å². The fourth-order valence-corrected chi connectivity index (χ4v) is 4.07. The number of nitrogens with one attached hydrogen (secondary N) is 1. The summed E-state index contributed by atoms with van der Waals surface area (Å²) in [6.45, 7) is 1.49. The molecule has 0 saturated carbocycles. The third-order valence-corrected chi connectivity index (χ3v) is 5.54. The molecule has 0 aliphatic carbocycles. The SMILES string of the molecule is Cc1c(-c2ccccc2)n(Nc2ccccc2)c(=S)n1[C@@H]1O[C@H](CO)[C@@H](O)[C@H]1O. The van der Waals surface area contributed by atoms with E-state index in [1.807, 2.05) is 67.6 Å². The van der Waals surface area contributed by atoms with Gasteiger partial charge in [0.1, 0.15) is 18.3 Å². The molecule has 1 saturated heterocycles. The van der Waals surface area contributed by atoms with Gasteiger partial charge in [-0.25, -0.2) is 4.68 Å². The zero-order chi connectivity index (χ0) is 20.5. The van der Waals surface area contributed by atoms with Crippen LogP contribution in [0.5, 0.6) is 0 Å². The number of imidazole rings is 1. The minimum Gasteiger partial charge on any atom is -0.394 e. The molecule has 0 spiro atoms. The topological polar surface area (TPSA) is 91.8 Å². The highest BCUT2D eigenvalue weighted by Gasteiger charge is 2.44. The van der Waals surface area contributed by atoms with Gasteiger partial charge in [0.2, 0.25) is 4.77 Å². The molecule has 4 N–H and O–H groups in total. The van der Waals surface area contributed by atoms with E-state index in [0.717, 1.165) is 22.6 Å². The fourth-order valence-electron chi connectivity index (χ4n) is 3.70. The van der Waals surface area contributed by atoms with Crippen LogP contribution in [-0.2, 0) is 4.74 Å². The summed E-state index contributed by atoms with van der Waals surface area (Å²) in [5.41, 5.74) is 6.68. The van der Waals surface area contributed by atoms with Crippen LogP contribution in [0, 0.1) is 11.7 Å². The molecule has 1 aliphatic heterocycles. The van der Waals surface area contributed by atoms with Crippen LogP contribution in [-0.4, -0.2) is 49.5 Å². The Morgan fingerprint density at radius 2 is 1.62 bits per heavy atom. The molecule has 1 aliphatic rings. The quantitative estimate of drug-likeness (QED) is 0.481. The first-order chi connectivity index (χ1) is 14.0. The maximum absolute atomic E-state index is 10.5. The van der Waals surface area contributed by atoms with Gasteiger partial charge in [-0.1, -0.05) is 48.5 Å². The van der Waals surface area contributed by atoms with Crippen molar-refractivity contribution in [1.82, 2.24) is 9.24 Å². The van der Waals surface area contributed by atoms with Crippen molar-refractivity contribution in [2.24, 2.45) is 0 Å². The van der Waals surface area contributed by atoms with Crippen molar-refractivity contribution in [2.45, 2.75) is 31.5 Å². The second kappa shape index (κ2) is 8.10. The van der Waals surface area contributed by atoms with Gasteiger partial charge in [0.05, 0.1) is 18.0 Å². The average molecular weight is 413 g/mol. The van der Waals surface area contributed by atoms with E-state index in [4.69, 9.17) is 17.0 Å². The highest BCUT2D eigenvalue weighted by Crippen LogP contribution is 2.35. The molecule has 4 atom stereocenters. The molecule has 3 aromatic rings. The van der Waals surface area contributed by atoms with Crippen molar-refractivity contribution in [3.63, 3.8) is 0 Å². The van der Waals surface area contributed by atoms with Gasteiger partial charge in [-0.3, -0.25) is 9.99 Å². The van der Waals surface area contributed by atoms with E-state index in [1.54, 1.807) is 9.24 Å². The van der Waals surface area contributed by atoms with Crippen LogP contribution in [0.25, 0.3) is 11.3 Å². The Kier molecular flexibility index (Phi) is 5.53. The molecule has 0 bridgehead atoms. The summed E-state index contributed by atoms with van der Waals surface area (Å²) in [4.78, 5) is 0. The molecule has 0 radical (unpaired) electrons. The number of hydrogen-bond acceptors (Lipinski definition) is 6. The number of benzene rings is 2. The Bertz CT molecular complexity index is 1040. The Morgan fingerprint density at radius 1 is 1.00 bits per heavy atom. The molecule has 0 unspecified atom stereocenters. The van der Waals surface area contributed by atoms with E-state index in [-0.39, 0.29) is 0 Å². The van der Waals surface area contributed by atoms with Gasteiger partial charge >= 0.3 is 0 Å². The van der Waals surface area contributed by atoms with E-state index in [1.165, 1.54) is 0 Å². The minimum absolute atomic E-state index is 0.375. The van der Waals surface area contributed by atoms with Crippen LogP contribution < -0.4 is 5.43 Å². The molecule has 2 heterocycles. The Morgan fingerprint density at radius 3 is 2.21 bits per heavy atom. The summed E-state index contributed by atoms with van der Waals surface area (Å²) in [7, 11) is 0. The van der Waals surface area contributed by atoms with Gasteiger partial charge in [0, 0.05) is 11.3 Å². The normalized spacial score (nSPS) is 24.0. The van der Waals surface area contributed by atoms with Crippen LogP contribution in [0.4, 0.5) is 5.69 Å². The van der Waals surface area contributed by atoms with Gasteiger partial charge in [0.25, 0.3) is 0 Å². The summed E-state index contributed by atoms with van der Waals surface area (Å²) in [5.74, 6) is 0. The number of aliphatic hydroxyl groups is 3. The van der Waals surface area contributed by atoms with E-state index in [2.05, 4.69) is 5.43 Å². The molecule has 4 rings (SSSR count). The largest absolute Gasteiger partial charge is 0.394 e. The maximum atomic E-state index is 10.5. The summed E-state index contributed by atoms with van der Waals surface area (Å²) in [6.07, 6.45) is -4.19. The van der Waals surface area contributed by atoms with Gasteiger partial charge in [-0.15, -0.1) is 0 Å². The lowest BCUT2D eigenvalue weighted by atomic mass is 10.1. The number of para-hydroxylation sites is 1. The van der Waals surface area contributed by atoms with Crippen molar-refractivity contribution in [3.05, 3.63) is 71.1 Å². The monoisotopic (exact) mass is 413 g/mol. The summed E-state index contributed by atoms with van der Waals surface area (Å²) >= 11 is 5.73. The molecule has 1 aromatic heterocycles. The molecule has 2 aromatic carbocycles. The number of ether oxygens (including phenoxy) is 1. The van der Waals surface area contributed by atoms with Crippen LogP contribution >= 0.6 is 12.2 Å². The van der Waals surface area contributed by atoms with Crippen molar-refractivity contribution < 1.29 is 20.1 Å². The predicted octanol–water partition coefficient (Wildman–Crippen LogP) is 2.48. The zero-order valence-corrected chi connectivity index (χ0v) is 16.7. The molecule has 8 heteroatoms. The smallest absolute Gasteiger partial charge is 0.201 e. The van der Waals surface area contributed by atoms with Crippen LogP contribution in [0.2, 0.25) is 0 Å². The number of anilines is 1. The van der Waals surface area contributed by atoms with Crippen molar-refractivity contribution in [2.75, 3.05) is 12.0 Å². The maximum Gasteiger partial charge on any atom is 0.201 e. The lowest BCUT2D eigenvalue weighted by molar-refractivity contribution is -0.0543. The molecule has 1 fully saturated rings. The number of nitrogens with zero attached hydrogens (tertiary/aromatic N) is 2. The molecular weight excluding hydrogens is 390 g/mol. The second-order valence-corrected chi connectivity index (χ2v) is 7.36. The highest BCUT2D eigenvalue weighted by atomic mass is 32.1. The zero-order valence-electron chi connectivity index (χ0n) is 15.8. The number of hydrogen-bond donors (Lipinski definition) is 4. The van der Waals surface area contributed by atoms with Crippen LogP contribution in [0.15, 0.2) is 60.7 Å². The van der Waals surface area contributed by atoms with Crippen LogP contribution in [0.1, 0.15) is 11.9 Å². The van der Waals surface area contributed by atoms with Crippen molar-refractivity contribution >= 4 is 17.9 Å². The number of aliphatic hydroxyl groups excluding tert-OH is 3. The molecular formula is C21H23N3O4S. The Balaban J connectivity index is 1.87. The van der Waals surface area contributed by atoms with Crippen LogP contribution in [0.3, 0.4) is 0 Å². The van der Waals surface area contributed by atoms with E-state index in [9.17, 15) is 15.3 Å². The van der Waals surface area contributed by atoms with Crippen molar-refractivity contribution in [1.29, 1.82) is 0 Å². The molecule has 7 nitrogen and oxygen atoms in total. The molecule has 0 amide bonds. The Hall–Kier alpha value is -2.49. The summed E-state index contributed by atoms with van der Waals surface area (Å²) < 4.78 is 9.56. The first-order valence-corrected chi connectivity index (χ1v) is 9.77. The number of aromatic nitrogens is 2. The van der Waals surface area contributed by atoms with Crippen molar-refractivity contribution in [3.8, 4) is 11.3 Å². The minimum atomic E-state index is -1.21. The third kappa shape index (κ3) is 3.50. The fraction of sp³-hybridized carbons (Fsp3) is 0.286. The van der Waals surface area contributed by atoms with E-state index < -0.39 is 31.1 Å². The second-order valence-electron chi connectivity index (χ2n) is 6.99. The number of rotatable bonds is 5. The third-order valence-electron chi connectivity index (χ3n) is 5.16. The first kappa shape index (κ1) is 19.8. The summed E-state index contributed by atoms with van der Waals surface area (Å²) in [5, 5.41) is 30.2. The highest BCUT2D eigenvalue weighted by molar-refractivity contribution is 7.71. The van der Waals surface area contributed by atoms with Gasteiger partial charge in [-0.2, -0.15) is 0 Å². The standard InChI is InChI=1S/C21H23N3O4S/c1-13-17(14-8-4-2-5-9-14)24(22-15-10-6-3-7-11-15)21(29)23(13)20-19(27)18(26)16(12-25)28-20/h2-11,16,18-20,22,25-27H,12H2,1H3/t16-,18-,19-,20-/m1/s1. The predicted molar refractivity (Wildman–Crippen MR) is 112 cm³/mol. The molecule has 29 heavy (non-hydrogen) atoms. The molecule has 152 valence electrons. The average Bonchev–Trinajstić information content (AvgIpc) is 3.16. The Labute approximate surface area is 173 Å². The van der Waals surface area contributed by atoms with Gasteiger partial charge in [0.15, 0.2) is 6.23 Å². The van der Waals surface area contributed by atoms with E-state index >= 15 is 0 Å². The van der Waals surface area contributed by atoms with E-state index in [0.29, 0.717) is 4.77 Å².